The summed E-state index contributed by atoms with van der Waals surface area (Å²) >= 11 is 0. The number of hydrogen-bond donors (Lipinski definition) is 1. The zero-order valence-corrected chi connectivity index (χ0v) is 17.8. The van der Waals surface area contributed by atoms with Gasteiger partial charge >= 0.3 is 5.69 Å². The molecule has 0 aliphatic rings. The van der Waals surface area contributed by atoms with Crippen LogP contribution in [0.5, 0.6) is 0 Å². The van der Waals surface area contributed by atoms with Gasteiger partial charge in [-0.25, -0.2) is 8.42 Å². The van der Waals surface area contributed by atoms with Gasteiger partial charge in [-0.15, -0.1) is 0 Å². The van der Waals surface area contributed by atoms with Crippen molar-refractivity contribution in [2.24, 2.45) is 0 Å². The molecule has 1 aromatic heterocycles. The molecule has 0 saturated carbocycles. The van der Waals surface area contributed by atoms with Crippen LogP contribution in [0.2, 0.25) is 0 Å². The topological polar surface area (TPSA) is 132 Å². The SMILES string of the molecule is CC(=O)c1cccc(NS(=O)(=O)c2cc(C=Cc3onc(C)c3[N+](=O)[O-])ccc2C)c1. The fourth-order valence-electron chi connectivity index (χ4n) is 2.91. The second kappa shape index (κ2) is 8.52. The van der Waals surface area contributed by atoms with Crippen LogP contribution in [-0.4, -0.2) is 24.3 Å². The summed E-state index contributed by atoms with van der Waals surface area (Å²) < 4.78 is 33.3. The van der Waals surface area contributed by atoms with Crippen molar-refractivity contribution in [3.63, 3.8) is 0 Å². The Morgan fingerprint density at radius 2 is 1.90 bits per heavy atom. The van der Waals surface area contributed by atoms with Crippen LogP contribution >= 0.6 is 0 Å². The molecule has 0 radical (unpaired) electrons. The van der Waals surface area contributed by atoms with Crippen LogP contribution in [0.25, 0.3) is 12.2 Å². The van der Waals surface area contributed by atoms with E-state index in [0.29, 0.717) is 16.7 Å². The number of nitro groups is 1. The fourth-order valence-corrected chi connectivity index (χ4v) is 4.24. The van der Waals surface area contributed by atoms with E-state index in [1.165, 1.54) is 38.1 Å². The first kappa shape index (κ1) is 21.9. The average molecular weight is 441 g/mol. The van der Waals surface area contributed by atoms with Crippen LogP contribution in [-0.2, 0) is 10.0 Å². The predicted octanol–water partition coefficient (Wildman–Crippen LogP) is 4.37. The van der Waals surface area contributed by atoms with Crippen molar-refractivity contribution in [2.45, 2.75) is 25.7 Å². The number of rotatable bonds is 7. The molecular weight excluding hydrogens is 422 g/mol. The van der Waals surface area contributed by atoms with Crippen molar-refractivity contribution in [2.75, 3.05) is 4.72 Å². The lowest BCUT2D eigenvalue weighted by atomic mass is 10.1. The van der Waals surface area contributed by atoms with Gasteiger partial charge in [0.2, 0.25) is 5.76 Å². The number of ketones is 1. The lowest BCUT2D eigenvalue weighted by Crippen LogP contribution is -2.14. The van der Waals surface area contributed by atoms with Crippen LogP contribution < -0.4 is 4.72 Å². The molecule has 0 aliphatic heterocycles. The van der Waals surface area contributed by atoms with Crippen LogP contribution in [0.15, 0.2) is 51.9 Å². The van der Waals surface area contributed by atoms with Crippen LogP contribution in [0, 0.1) is 24.0 Å². The van der Waals surface area contributed by atoms with Crippen molar-refractivity contribution in [3.05, 3.63) is 80.7 Å². The summed E-state index contributed by atoms with van der Waals surface area (Å²) in [4.78, 5) is 22.1. The van der Waals surface area contributed by atoms with Gasteiger partial charge in [0.15, 0.2) is 11.5 Å². The van der Waals surface area contributed by atoms with Crippen LogP contribution in [0.1, 0.15) is 39.9 Å². The first-order chi connectivity index (χ1) is 14.6. The monoisotopic (exact) mass is 441 g/mol. The standard InChI is InChI=1S/C21H19N3O6S/c1-13-7-8-16(9-10-19-21(24(26)27)14(2)22-30-19)11-20(13)31(28,29)23-18-6-4-5-17(12-18)15(3)25/h4-12,23H,1-3H3. The van der Waals surface area contributed by atoms with Crippen LogP contribution in [0.4, 0.5) is 11.4 Å². The third kappa shape index (κ3) is 4.86. The van der Waals surface area contributed by atoms with Gasteiger partial charge in [-0.2, -0.15) is 0 Å². The largest absolute Gasteiger partial charge is 0.349 e. The summed E-state index contributed by atoms with van der Waals surface area (Å²) in [7, 11) is -3.95. The first-order valence-corrected chi connectivity index (χ1v) is 10.6. The van der Waals surface area contributed by atoms with E-state index < -0.39 is 14.9 Å². The summed E-state index contributed by atoms with van der Waals surface area (Å²) in [5, 5.41) is 14.7. The smallest absolute Gasteiger partial charge is 0.338 e. The third-order valence-electron chi connectivity index (χ3n) is 4.49. The maximum Gasteiger partial charge on any atom is 0.338 e. The minimum atomic E-state index is -3.95. The molecule has 0 atom stereocenters. The fraction of sp³-hybridized carbons (Fsp3) is 0.143. The summed E-state index contributed by atoms with van der Waals surface area (Å²) in [6, 6.07) is 10.9. The Balaban J connectivity index is 1.93. The molecule has 1 heterocycles. The molecule has 1 N–H and O–H groups in total. The Morgan fingerprint density at radius 3 is 2.58 bits per heavy atom. The Labute approximate surface area is 178 Å². The summed E-state index contributed by atoms with van der Waals surface area (Å²) in [5.74, 6) is -0.215. The minimum Gasteiger partial charge on any atom is -0.349 e. The van der Waals surface area contributed by atoms with E-state index in [1.54, 1.807) is 37.3 Å². The third-order valence-corrected chi connectivity index (χ3v) is 6.01. The molecular formula is C21H19N3O6S. The maximum atomic E-state index is 12.9. The summed E-state index contributed by atoms with van der Waals surface area (Å²) in [6.07, 6.45) is 2.87. The average Bonchev–Trinajstić information content (AvgIpc) is 3.07. The minimum absolute atomic E-state index is 0.0335. The highest BCUT2D eigenvalue weighted by Crippen LogP contribution is 2.26. The van der Waals surface area contributed by atoms with Crippen molar-refractivity contribution in [3.8, 4) is 0 Å². The molecule has 0 fully saturated rings. The number of anilines is 1. The van der Waals surface area contributed by atoms with Gasteiger partial charge in [0, 0.05) is 11.3 Å². The van der Waals surface area contributed by atoms with Gasteiger partial charge in [0.05, 0.1) is 9.82 Å². The summed E-state index contributed by atoms with van der Waals surface area (Å²) in [6.45, 7) is 4.51. The molecule has 0 aliphatic carbocycles. The van der Waals surface area contributed by atoms with Gasteiger partial charge in [-0.05, 0) is 56.2 Å². The Kier molecular flexibility index (Phi) is 6.02. The molecule has 10 heteroatoms. The molecule has 0 spiro atoms. The van der Waals surface area contributed by atoms with E-state index in [2.05, 4.69) is 9.88 Å². The number of nitrogens with one attached hydrogen (secondary N) is 1. The normalized spacial score (nSPS) is 11.6. The van der Waals surface area contributed by atoms with Gasteiger partial charge in [0.1, 0.15) is 0 Å². The number of aryl methyl sites for hydroxylation is 2. The highest BCUT2D eigenvalue weighted by Gasteiger charge is 2.22. The molecule has 0 saturated heterocycles. The summed E-state index contributed by atoms with van der Waals surface area (Å²) in [5.41, 5.74) is 1.55. The Hall–Kier alpha value is -3.79. The van der Waals surface area contributed by atoms with E-state index in [-0.39, 0.29) is 33.5 Å². The van der Waals surface area contributed by atoms with Crippen molar-refractivity contribution >= 4 is 39.3 Å². The van der Waals surface area contributed by atoms with Crippen LogP contribution in [0.3, 0.4) is 0 Å². The Bertz CT molecular complexity index is 1310. The highest BCUT2D eigenvalue weighted by atomic mass is 32.2. The van der Waals surface area contributed by atoms with Gasteiger partial charge < -0.3 is 4.52 Å². The molecule has 0 amide bonds. The molecule has 3 aromatic rings. The number of carbonyl (C=O) groups excluding carboxylic acids is 1. The first-order valence-electron chi connectivity index (χ1n) is 9.11. The molecule has 2 aromatic carbocycles. The lowest BCUT2D eigenvalue weighted by molar-refractivity contribution is -0.386. The predicted molar refractivity (Wildman–Crippen MR) is 115 cm³/mol. The highest BCUT2D eigenvalue weighted by molar-refractivity contribution is 7.92. The second-order valence-corrected chi connectivity index (χ2v) is 8.49. The molecule has 0 bridgehead atoms. The lowest BCUT2D eigenvalue weighted by Gasteiger charge is -2.12. The number of hydrogen-bond acceptors (Lipinski definition) is 7. The number of carbonyl (C=O) groups is 1. The number of benzene rings is 2. The van der Waals surface area contributed by atoms with Gasteiger partial charge in [-0.1, -0.05) is 35.5 Å². The van der Waals surface area contributed by atoms with Crippen molar-refractivity contribution < 1.29 is 22.7 Å². The quantitative estimate of drug-likeness (QED) is 0.327. The number of aromatic nitrogens is 1. The number of nitrogens with zero attached hydrogens (tertiary/aromatic N) is 2. The Morgan fingerprint density at radius 1 is 1.16 bits per heavy atom. The van der Waals surface area contributed by atoms with E-state index in [4.69, 9.17) is 4.52 Å². The van der Waals surface area contributed by atoms with E-state index >= 15 is 0 Å². The van der Waals surface area contributed by atoms with Crippen molar-refractivity contribution in [1.29, 1.82) is 0 Å². The molecule has 31 heavy (non-hydrogen) atoms. The van der Waals surface area contributed by atoms with E-state index in [0.717, 1.165) is 0 Å². The van der Waals surface area contributed by atoms with Gasteiger partial charge in [-0.3, -0.25) is 19.6 Å². The zero-order valence-electron chi connectivity index (χ0n) is 16.9. The van der Waals surface area contributed by atoms with E-state index in [1.807, 2.05) is 0 Å². The van der Waals surface area contributed by atoms with E-state index in [9.17, 15) is 23.3 Å². The second-order valence-electron chi connectivity index (χ2n) is 6.84. The number of Topliss-reactive ketones (excluding diaryl/α,β-unsaturated/α-hetero) is 1. The molecule has 160 valence electrons. The maximum absolute atomic E-state index is 12.9. The molecule has 9 nitrogen and oxygen atoms in total. The molecule has 3 rings (SSSR count). The number of sulfonamides is 1. The zero-order chi connectivity index (χ0) is 22.8. The molecule has 0 unspecified atom stereocenters. The van der Waals surface area contributed by atoms with Gasteiger partial charge in [0.25, 0.3) is 10.0 Å². The van der Waals surface area contributed by atoms with Crippen molar-refractivity contribution in [1.82, 2.24) is 5.16 Å².